The van der Waals surface area contributed by atoms with Gasteiger partial charge in [-0.2, -0.15) is 0 Å². The first-order valence-corrected chi connectivity index (χ1v) is 13.6. The highest BCUT2D eigenvalue weighted by atomic mass is 16.5. The second kappa shape index (κ2) is 14.9. The molecule has 9 nitrogen and oxygen atoms in total. The fraction of sp³-hybridized carbons (Fsp3) is 0.467. The van der Waals surface area contributed by atoms with Gasteiger partial charge in [-0.1, -0.05) is 36.4 Å². The average Bonchev–Trinajstić information content (AvgIpc) is 2.92. The van der Waals surface area contributed by atoms with Crippen LogP contribution >= 0.6 is 0 Å². The Hall–Kier alpha value is -3.88. The topological polar surface area (TPSA) is 117 Å². The lowest BCUT2D eigenvalue weighted by atomic mass is 10.0. The van der Waals surface area contributed by atoms with Gasteiger partial charge in [0.05, 0.1) is 6.61 Å². The van der Waals surface area contributed by atoms with Gasteiger partial charge in [0.15, 0.2) is 0 Å². The van der Waals surface area contributed by atoms with E-state index in [2.05, 4.69) is 16.0 Å². The van der Waals surface area contributed by atoms with Gasteiger partial charge in [0.25, 0.3) is 0 Å². The molecule has 2 atom stereocenters. The van der Waals surface area contributed by atoms with Crippen molar-refractivity contribution >= 4 is 23.6 Å². The van der Waals surface area contributed by atoms with E-state index in [4.69, 9.17) is 4.74 Å². The highest BCUT2D eigenvalue weighted by molar-refractivity contribution is 5.91. The molecule has 9 heteroatoms. The van der Waals surface area contributed by atoms with Crippen LogP contribution in [0.3, 0.4) is 0 Å². The predicted molar refractivity (Wildman–Crippen MR) is 149 cm³/mol. The van der Waals surface area contributed by atoms with E-state index >= 15 is 0 Å². The van der Waals surface area contributed by atoms with E-state index in [1.165, 1.54) is 6.92 Å². The molecule has 0 radical (unpaired) electrons. The summed E-state index contributed by atoms with van der Waals surface area (Å²) in [4.78, 5) is 52.7. The number of nitrogens with zero attached hydrogens (tertiary/aromatic N) is 1. The standard InChI is InChI=1S/C30H40N4O5/c1-21-13-15-25-19-24(21)20-31-29(37)27(16-14-23-9-5-4-6-10-23)33-30(38)26(32-22(2)35)11-7-12-28(36)34(3)17-8-18-39-25/h4-6,9-10,13,15,19,26-27H,7-8,11-12,14,16-18,20H2,1-3H3,(H,31,37)(H,32,35)(H,33,38)/t26-,27?/m0/s1. The molecule has 0 aromatic heterocycles. The number of carbonyl (C=O) groups is 4. The Bertz CT molecular complexity index is 1140. The number of ether oxygens (including phenoxy) is 1. The number of benzene rings is 2. The van der Waals surface area contributed by atoms with Gasteiger partial charge in [0.2, 0.25) is 23.6 Å². The Morgan fingerprint density at radius 2 is 1.85 bits per heavy atom. The minimum Gasteiger partial charge on any atom is -0.494 e. The van der Waals surface area contributed by atoms with Crippen LogP contribution in [-0.4, -0.2) is 60.8 Å². The van der Waals surface area contributed by atoms with E-state index in [9.17, 15) is 19.2 Å². The van der Waals surface area contributed by atoms with Crippen molar-refractivity contribution in [1.82, 2.24) is 20.9 Å². The van der Waals surface area contributed by atoms with Crippen LogP contribution in [0.25, 0.3) is 0 Å². The minimum absolute atomic E-state index is 0.0346. The molecule has 1 aliphatic rings. The summed E-state index contributed by atoms with van der Waals surface area (Å²) in [6.45, 7) is 4.60. The summed E-state index contributed by atoms with van der Waals surface area (Å²) >= 11 is 0. The van der Waals surface area contributed by atoms with Gasteiger partial charge in [0.1, 0.15) is 17.8 Å². The van der Waals surface area contributed by atoms with Crippen molar-refractivity contribution in [3.63, 3.8) is 0 Å². The van der Waals surface area contributed by atoms with Crippen LogP contribution in [0, 0.1) is 6.92 Å². The molecule has 3 N–H and O–H groups in total. The number of hydrogen-bond donors (Lipinski definition) is 3. The molecule has 2 aromatic rings. The Labute approximate surface area is 230 Å². The van der Waals surface area contributed by atoms with E-state index in [1.54, 1.807) is 11.9 Å². The molecule has 1 aliphatic heterocycles. The number of hydrogen-bond acceptors (Lipinski definition) is 5. The number of rotatable bonds is 4. The quantitative estimate of drug-likeness (QED) is 0.556. The predicted octanol–water partition coefficient (Wildman–Crippen LogP) is 2.64. The summed E-state index contributed by atoms with van der Waals surface area (Å²) in [5.74, 6) is -0.431. The third-order valence-corrected chi connectivity index (χ3v) is 6.88. The molecule has 0 aliphatic carbocycles. The van der Waals surface area contributed by atoms with E-state index in [0.29, 0.717) is 44.6 Å². The van der Waals surface area contributed by atoms with Gasteiger partial charge in [-0.05, 0) is 67.9 Å². The molecule has 2 aromatic carbocycles. The maximum Gasteiger partial charge on any atom is 0.243 e. The van der Waals surface area contributed by atoms with Gasteiger partial charge in [-0.15, -0.1) is 0 Å². The van der Waals surface area contributed by atoms with Crippen LogP contribution in [-0.2, 0) is 32.1 Å². The zero-order valence-electron chi connectivity index (χ0n) is 23.1. The van der Waals surface area contributed by atoms with Crippen LogP contribution < -0.4 is 20.7 Å². The molecule has 1 unspecified atom stereocenters. The summed E-state index contributed by atoms with van der Waals surface area (Å²) in [6, 6.07) is 13.8. The molecule has 3 rings (SSSR count). The van der Waals surface area contributed by atoms with Crippen LogP contribution in [0.5, 0.6) is 5.75 Å². The molecule has 4 amide bonds. The summed E-state index contributed by atoms with van der Waals surface area (Å²) in [5.41, 5.74) is 2.97. The second-order valence-corrected chi connectivity index (χ2v) is 10.1. The third-order valence-electron chi connectivity index (χ3n) is 6.88. The van der Waals surface area contributed by atoms with E-state index < -0.39 is 18.0 Å². The van der Waals surface area contributed by atoms with Gasteiger partial charge < -0.3 is 25.6 Å². The van der Waals surface area contributed by atoms with Crippen LogP contribution in [0.15, 0.2) is 48.5 Å². The first-order valence-electron chi connectivity index (χ1n) is 13.6. The SMILES string of the molecule is CC(=O)N[C@H]1CCCC(=O)N(C)CCCOc2ccc(C)c(c2)CNC(=O)C(CCc2ccccc2)NC1=O. The molecule has 2 bridgehead atoms. The molecule has 210 valence electrons. The molecule has 0 saturated heterocycles. The molecule has 0 fully saturated rings. The summed E-state index contributed by atoms with van der Waals surface area (Å²) < 4.78 is 5.90. The number of aryl methyl sites for hydroxylation is 2. The van der Waals surface area contributed by atoms with Gasteiger partial charge in [0, 0.05) is 33.5 Å². The van der Waals surface area contributed by atoms with Crippen LogP contribution in [0.4, 0.5) is 0 Å². The van der Waals surface area contributed by atoms with E-state index in [0.717, 1.165) is 16.7 Å². The second-order valence-electron chi connectivity index (χ2n) is 10.1. The zero-order valence-corrected chi connectivity index (χ0v) is 23.1. The largest absolute Gasteiger partial charge is 0.494 e. The fourth-order valence-corrected chi connectivity index (χ4v) is 4.51. The smallest absolute Gasteiger partial charge is 0.243 e. The maximum atomic E-state index is 13.3. The van der Waals surface area contributed by atoms with Gasteiger partial charge in [-0.3, -0.25) is 19.2 Å². The molecule has 1 heterocycles. The number of fused-ring (bicyclic) bond motifs is 2. The molecule has 0 saturated carbocycles. The van der Waals surface area contributed by atoms with Crippen molar-refractivity contribution in [2.45, 2.75) is 71.0 Å². The van der Waals surface area contributed by atoms with Crippen molar-refractivity contribution in [3.8, 4) is 5.75 Å². The Kier molecular flexibility index (Phi) is 11.3. The lowest BCUT2D eigenvalue weighted by Gasteiger charge is -2.23. The minimum atomic E-state index is -0.845. The summed E-state index contributed by atoms with van der Waals surface area (Å²) in [5, 5.41) is 8.52. The first-order chi connectivity index (χ1) is 18.7. The lowest BCUT2D eigenvalue weighted by molar-refractivity contribution is -0.132. The third kappa shape index (κ3) is 9.74. The Morgan fingerprint density at radius 1 is 1.08 bits per heavy atom. The van der Waals surface area contributed by atoms with Crippen molar-refractivity contribution in [1.29, 1.82) is 0 Å². The molecular formula is C30H40N4O5. The normalized spacial score (nSPS) is 20.0. The Morgan fingerprint density at radius 3 is 2.59 bits per heavy atom. The first kappa shape index (κ1) is 29.7. The summed E-state index contributed by atoms with van der Waals surface area (Å²) in [7, 11) is 1.75. The van der Waals surface area contributed by atoms with Crippen LogP contribution in [0.2, 0.25) is 0 Å². The van der Waals surface area contributed by atoms with Gasteiger partial charge in [-0.25, -0.2) is 0 Å². The van der Waals surface area contributed by atoms with Crippen molar-refractivity contribution in [3.05, 3.63) is 65.2 Å². The zero-order chi connectivity index (χ0) is 28.2. The molecule has 39 heavy (non-hydrogen) atoms. The number of carbonyl (C=O) groups excluding carboxylic acids is 4. The van der Waals surface area contributed by atoms with Crippen LogP contribution in [0.1, 0.15) is 55.7 Å². The molecular weight excluding hydrogens is 496 g/mol. The van der Waals surface area contributed by atoms with Gasteiger partial charge >= 0.3 is 0 Å². The van der Waals surface area contributed by atoms with Crippen molar-refractivity contribution < 1.29 is 23.9 Å². The Balaban J connectivity index is 1.82. The summed E-state index contributed by atoms with van der Waals surface area (Å²) in [6.07, 6.45) is 2.60. The fourth-order valence-electron chi connectivity index (χ4n) is 4.51. The lowest BCUT2D eigenvalue weighted by Crippen LogP contribution is -2.53. The molecule has 0 spiro atoms. The number of nitrogens with one attached hydrogen (secondary N) is 3. The average molecular weight is 537 g/mol. The highest BCUT2D eigenvalue weighted by Gasteiger charge is 2.26. The van der Waals surface area contributed by atoms with E-state index in [1.807, 2.05) is 55.5 Å². The van der Waals surface area contributed by atoms with E-state index in [-0.39, 0.29) is 37.1 Å². The van der Waals surface area contributed by atoms with Crippen molar-refractivity contribution in [2.24, 2.45) is 0 Å². The highest BCUT2D eigenvalue weighted by Crippen LogP contribution is 2.18. The maximum absolute atomic E-state index is 13.3. The van der Waals surface area contributed by atoms with Crippen molar-refractivity contribution in [2.75, 3.05) is 20.2 Å². The monoisotopic (exact) mass is 536 g/mol. The number of amides is 4.